The fourth-order valence-corrected chi connectivity index (χ4v) is 6.61. The van der Waals surface area contributed by atoms with Crippen LogP contribution in [0.3, 0.4) is 0 Å². The Bertz CT molecular complexity index is 1880. The summed E-state index contributed by atoms with van der Waals surface area (Å²) in [6, 6.07) is 4.01. The first-order valence-electron chi connectivity index (χ1n) is 16.3. The number of benzene rings is 2. The standard InChI is InChI=1S/C34H40Cl2FN5O8/c1-17-16-40(14-13-38-17)28-26(37)18(2)24-27(31(28)49-5)41(21-10-11-21)19(3)25(30(24)44)32(45)50-15-12-23(39-33(46)34(4,35)36)29(43)20-6-8-22(9-7-20)42(47)48/h6-9,17,21,23,29,38,43H,10-16H2,1-5H3,(H,39,46)/t17?,23-,29-/m1/s1. The molecule has 1 aliphatic heterocycles. The number of rotatable bonds is 12. The average Bonchev–Trinajstić information content (AvgIpc) is 3.90. The van der Waals surface area contributed by atoms with Crippen molar-refractivity contribution in [2.45, 2.75) is 75.5 Å². The van der Waals surface area contributed by atoms with E-state index >= 15 is 4.39 Å². The molecule has 3 aromatic rings. The van der Waals surface area contributed by atoms with E-state index in [1.807, 2.05) is 16.4 Å². The Kier molecular flexibility index (Phi) is 11.0. The molecule has 1 aliphatic carbocycles. The lowest BCUT2D eigenvalue weighted by Crippen LogP contribution is -2.49. The van der Waals surface area contributed by atoms with Crippen LogP contribution < -0.4 is 25.7 Å². The lowest BCUT2D eigenvalue weighted by Gasteiger charge is -2.35. The predicted octanol–water partition coefficient (Wildman–Crippen LogP) is 4.77. The molecule has 0 radical (unpaired) electrons. The van der Waals surface area contributed by atoms with Crippen LogP contribution >= 0.6 is 23.2 Å². The molecule has 0 spiro atoms. The number of nitrogens with one attached hydrogen (secondary N) is 2. The highest BCUT2D eigenvalue weighted by Gasteiger charge is 2.36. The second kappa shape index (κ2) is 14.7. The lowest BCUT2D eigenvalue weighted by molar-refractivity contribution is -0.384. The molecule has 1 saturated carbocycles. The maximum absolute atomic E-state index is 16.3. The number of carbonyl (C=O) groups excluding carboxylic acids is 2. The first-order chi connectivity index (χ1) is 23.6. The summed E-state index contributed by atoms with van der Waals surface area (Å²) >= 11 is 11.9. The zero-order chi connectivity index (χ0) is 36.7. The third-order valence-corrected chi connectivity index (χ3v) is 9.55. The summed E-state index contributed by atoms with van der Waals surface area (Å²) in [6.07, 6.45) is 0.00947. The van der Waals surface area contributed by atoms with Gasteiger partial charge in [0.1, 0.15) is 11.3 Å². The molecule has 1 saturated heterocycles. The highest BCUT2D eigenvalue weighted by Crippen LogP contribution is 2.46. The van der Waals surface area contributed by atoms with Gasteiger partial charge in [-0.2, -0.15) is 0 Å². The zero-order valence-electron chi connectivity index (χ0n) is 28.3. The maximum atomic E-state index is 16.3. The molecule has 0 bridgehead atoms. The number of aromatic nitrogens is 1. The molecule has 1 amide bonds. The second-order valence-corrected chi connectivity index (χ2v) is 14.6. The number of hydrogen-bond acceptors (Lipinski definition) is 10. The number of aliphatic hydroxyl groups is 1. The Morgan fingerprint density at radius 1 is 1.24 bits per heavy atom. The van der Waals surface area contributed by atoms with Gasteiger partial charge >= 0.3 is 5.97 Å². The van der Waals surface area contributed by atoms with Crippen molar-refractivity contribution in [3.8, 4) is 5.75 Å². The van der Waals surface area contributed by atoms with Crippen molar-refractivity contribution in [1.82, 2.24) is 15.2 Å². The Balaban J connectivity index is 1.48. The number of aliphatic hydroxyl groups excluding tert-OH is 1. The summed E-state index contributed by atoms with van der Waals surface area (Å²) in [7, 11) is 1.44. The van der Waals surface area contributed by atoms with Gasteiger partial charge in [0.25, 0.3) is 11.6 Å². The highest BCUT2D eigenvalue weighted by molar-refractivity contribution is 6.57. The van der Waals surface area contributed by atoms with E-state index in [4.69, 9.17) is 32.7 Å². The van der Waals surface area contributed by atoms with Gasteiger partial charge in [0.15, 0.2) is 15.9 Å². The third-order valence-electron chi connectivity index (χ3n) is 9.21. The van der Waals surface area contributed by atoms with E-state index in [1.54, 1.807) is 6.92 Å². The Morgan fingerprint density at radius 2 is 1.90 bits per heavy atom. The minimum absolute atomic E-state index is 0.0259. The minimum atomic E-state index is -1.86. The van der Waals surface area contributed by atoms with E-state index in [0.29, 0.717) is 30.8 Å². The number of aryl methyl sites for hydroxylation is 1. The molecule has 2 aliphatic rings. The van der Waals surface area contributed by atoms with Crippen molar-refractivity contribution < 1.29 is 33.5 Å². The molecular weight excluding hydrogens is 696 g/mol. The van der Waals surface area contributed by atoms with Crippen LogP contribution in [0.25, 0.3) is 10.9 Å². The van der Waals surface area contributed by atoms with E-state index in [9.17, 15) is 29.6 Å². The first kappa shape index (κ1) is 37.3. The van der Waals surface area contributed by atoms with Crippen LogP contribution in [0.15, 0.2) is 29.1 Å². The summed E-state index contributed by atoms with van der Waals surface area (Å²) in [4.78, 5) is 52.9. The molecule has 3 N–H and O–H groups in total. The molecule has 2 fully saturated rings. The Morgan fingerprint density at radius 3 is 2.46 bits per heavy atom. The molecule has 2 heterocycles. The van der Waals surface area contributed by atoms with Crippen LogP contribution in [0.5, 0.6) is 5.75 Å². The number of nitrogens with zero attached hydrogens (tertiary/aromatic N) is 3. The summed E-state index contributed by atoms with van der Waals surface area (Å²) in [5, 5.41) is 28.1. The van der Waals surface area contributed by atoms with Gasteiger partial charge in [-0.1, -0.05) is 23.2 Å². The van der Waals surface area contributed by atoms with Crippen LogP contribution in [-0.2, 0) is 9.53 Å². The number of nitro groups is 1. The SMILES string of the molecule is COc1c(N2CCNC(C)C2)c(F)c(C)c2c(=O)c(C(=O)OCC[C@@H](NC(=O)C(C)(Cl)Cl)[C@H](O)c3ccc([N+](=O)[O-])cc3)c(C)n(C3CC3)c12. The van der Waals surface area contributed by atoms with E-state index < -0.39 is 44.5 Å². The van der Waals surface area contributed by atoms with Gasteiger partial charge in [-0.25, -0.2) is 9.18 Å². The smallest absolute Gasteiger partial charge is 0.343 e. The van der Waals surface area contributed by atoms with Crippen LogP contribution in [0.1, 0.15) is 72.4 Å². The summed E-state index contributed by atoms with van der Waals surface area (Å²) < 4.78 is 27.7. The molecule has 3 atom stereocenters. The largest absolute Gasteiger partial charge is 0.492 e. The number of hydrogen-bond donors (Lipinski definition) is 3. The Hall–Kier alpha value is -3.98. The number of ether oxygens (including phenoxy) is 2. The van der Waals surface area contributed by atoms with Gasteiger partial charge in [0.05, 0.1) is 41.7 Å². The maximum Gasteiger partial charge on any atom is 0.343 e. The summed E-state index contributed by atoms with van der Waals surface area (Å²) in [6.45, 7) is 7.75. The molecule has 270 valence electrons. The minimum Gasteiger partial charge on any atom is -0.492 e. The van der Waals surface area contributed by atoms with Crippen molar-refractivity contribution in [3.05, 3.63) is 72.8 Å². The summed E-state index contributed by atoms with van der Waals surface area (Å²) in [5.41, 5.74) is 0.205. The molecule has 5 rings (SSSR count). The molecule has 13 nitrogen and oxygen atoms in total. The number of esters is 1. The number of amides is 1. The molecule has 16 heteroatoms. The third kappa shape index (κ3) is 7.39. The number of fused-ring (bicyclic) bond motifs is 1. The average molecular weight is 737 g/mol. The Labute approximate surface area is 297 Å². The van der Waals surface area contributed by atoms with Gasteiger partial charge in [-0.15, -0.1) is 0 Å². The number of halogens is 3. The number of alkyl halides is 2. The van der Waals surface area contributed by atoms with Crippen molar-refractivity contribution in [3.63, 3.8) is 0 Å². The summed E-state index contributed by atoms with van der Waals surface area (Å²) in [5.74, 6) is -2.17. The molecule has 2 aromatic carbocycles. The van der Waals surface area contributed by atoms with Crippen molar-refractivity contribution in [2.75, 3.05) is 38.3 Å². The van der Waals surface area contributed by atoms with Gasteiger partial charge in [-0.05, 0) is 58.2 Å². The fraction of sp³-hybridized carbons (Fsp3) is 0.500. The predicted molar refractivity (Wildman–Crippen MR) is 187 cm³/mol. The number of piperazine rings is 1. The van der Waals surface area contributed by atoms with Gasteiger partial charge in [-0.3, -0.25) is 19.7 Å². The van der Waals surface area contributed by atoms with E-state index in [1.165, 1.54) is 45.2 Å². The number of anilines is 1. The number of non-ortho nitro benzene ring substituents is 1. The molecule has 50 heavy (non-hydrogen) atoms. The van der Waals surface area contributed by atoms with Crippen molar-refractivity contribution in [1.29, 1.82) is 0 Å². The van der Waals surface area contributed by atoms with Gasteiger partial charge in [0.2, 0.25) is 5.43 Å². The van der Waals surface area contributed by atoms with Crippen LogP contribution in [-0.4, -0.2) is 76.2 Å². The first-order valence-corrected chi connectivity index (χ1v) is 17.0. The number of pyridine rings is 1. The fourth-order valence-electron chi connectivity index (χ4n) is 6.50. The monoisotopic (exact) mass is 735 g/mol. The van der Waals surface area contributed by atoms with E-state index in [-0.39, 0.29) is 64.3 Å². The van der Waals surface area contributed by atoms with E-state index in [2.05, 4.69) is 10.6 Å². The van der Waals surface area contributed by atoms with Crippen molar-refractivity contribution in [2.24, 2.45) is 0 Å². The lowest BCUT2D eigenvalue weighted by atomic mass is 9.99. The second-order valence-electron chi connectivity index (χ2n) is 12.9. The molecular formula is C34H40Cl2FN5O8. The molecule has 1 aromatic heterocycles. The van der Waals surface area contributed by atoms with Crippen LogP contribution in [0.2, 0.25) is 0 Å². The zero-order valence-corrected chi connectivity index (χ0v) is 29.9. The number of methoxy groups -OCH3 is 1. The van der Waals surface area contributed by atoms with Gasteiger partial charge < -0.3 is 34.7 Å². The van der Waals surface area contributed by atoms with Gasteiger partial charge in [0, 0.05) is 61.5 Å². The topological polar surface area (TPSA) is 165 Å². The number of nitro benzene ring substituents is 1. The van der Waals surface area contributed by atoms with E-state index in [0.717, 1.165) is 12.8 Å². The quantitative estimate of drug-likeness (QED) is 0.102. The van der Waals surface area contributed by atoms with Crippen molar-refractivity contribution >= 4 is 57.4 Å². The normalized spacial score (nSPS) is 17.7. The molecule has 1 unspecified atom stereocenters. The highest BCUT2D eigenvalue weighted by atomic mass is 35.5. The van der Waals surface area contributed by atoms with Crippen LogP contribution in [0.4, 0.5) is 15.8 Å². The number of carbonyl (C=O) groups is 2. The van der Waals surface area contributed by atoms with Crippen LogP contribution in [0, 0.1) is 29.8 Å².